The molecule has 4 fully saturated rings. The van der Waals surface area contributed by atoms with Gasteiger partial charge >= 0.3 is 6.09 Å². The number of carbonyl (C=O) groups is 3. The number of hydrogen-bond acceptors (Lipinski definition) is 15. The number of nitrogens with one attached hydrogen (secondary N) is 3. The maximum Gasteiger partial charge on any atom is 0.407 e. The fourth-order valence-corrected chi connectivity index (χ4v) is 8.89. The standard InChI is InChI=1S/C29H34FN7O3.C21H28FN7O.CH3.Pd.H2/c1-21(38)35-15-17-36(18-16-35)25-9-7-23(8-10-25)32-28-31-19-26(30)27(34-28)37-13-11-24(12-14-37)33-29(39)40-20-22-5-3-2-4-6-22;1-15(30)27-10-12-28(13-11-27)18-4-2-17(3-5-18)25-21-24-14-19(22)20(26-21)29-8-6-16(23)7-9-29;;;/h2-10,19,24H,11-18,20H2,1H3,(H,33,39)(H,31,32,34);2-5,14,16H,6-13,23H2,1H3,(H,24,25,26);1H3;;1H/q;;-1;;. The predicted molar refractivity (Wildman–Crippen MR) is 275 cm³/mol. The first kappa shape index (κ1) is 54.6. The number of carbonyl (C=O) groups excluding carboxylic acids is 3. The minimum Gasteiger partial charge on any atom is -0.445 e. The Morgan fingerprint density at radius 1 is 0.611 bits per heavy atom. The van der Waals surface area contributed by atoms with Gasteiger partial charge in [-0.1, -0.05) is 30.3 Å². The molecule has 0 radical (unpaired) electrons. The van der Waals surface area contributed by atoms with Crippen LogP contribution in [0, 0.1) is 19.1 Å². The summed E-state index contributed by atoms with van der Waals surface area (Å²) in [6.45, 7) is 12.0. The Kier molecular flexibility index (Phi) is 19.8. The molecule has 5 N–H and O–H groups in total. The summed E-state index contributed by atoms with van der Waals surface area (Å²) in [5, 5.41) is 9.23. The number of rotatable bonds is 11. The average molecular weight is 1080 g/mol. The van der Waals surface area contributed by atoms with Crippen molar-refractivity contribution < 1.29 is 49.8 Å². The third-order valence-electron chi connectivity index (χ3n) is 13.0. The van der Waals surface area contributed by atoms with Crippen LogP contribution in [0.3, 0.4) is 0 Å². The topological polar surface area (TPSA) is 194 Å². The van der Waals surface area contributed by atoms with Gasteiger partial charge in [-0.25, -0.2) is 23.5 Å². The van der Waals surface area contributed by atoms with Crippen molar-refractivity contribution in [1.29, 1.82) is 0 Å². The van der Waals surface area contributed by atoms with E-state index in [2.05, 4.69) is 45.7 Å². The SMILES string of the molecule is CC(=O)N1CCN(c2ccc(Nc3ncc(F)c(N4CCC(N)CC4)n3)cc2)CC1.CC(=O)N1CCN(c2ccc(Nc3ncc(F)c(N4CCC(NC(=O)OCc5ccccc5)CC4)n3)cc2)CC1.[CH3-].[HH].[Pd]. The number of amides is 3. The van der Waals surface area contributed by atoms with Crippen LogP contribution >= 0.6 is 0 Å². The number of piperazine rings is 2. The van der Waals surface area contributed by atoms with Crippen LogP contribution in [0.15, 0.2) is 91.3 Å². The summed E-state index contributed by atoms with van der Waals surface area (Å²) in [5.74, 6) is 0.559. The number of anilines is 8. The summed E-state index contributed by atoms with van der Waals surface area (Å²) >= 11 is 0. The summed E-state index contributed by atoms with van der Waals surface area (Å²) in [6.07, 6.45) is 4.89. The van der Waals surface area contributed by atoms with Gasteiger partial charge in [0.05, 0.1) is 12.4 Å². The van der Waals surface area contributed by atoms with Crippen molar-refractivity contribution in [1.82, 2.24) is 35.1 Å². The third-order valence-corrected chi connectivity index (χ3v) is 13.0. The number of ether oxygens (including phenoxy) is 1. The maximum absolute atomic E-state index is 14.7. The van der Waals surface area contributed by atoms with Crippen LogP contribution in [0.25, 0.3) is 0 Å². The van der Waals surface area contributed by atoms with Crippen molar-refractivity contribution in [2.24, 2.45) is 5.73 Å². The van der Waals surface area contributed by atoms with Gasteiger partial charge in [0.2, 0.25) is 23.7 Å². The van der Waals surface area contributed by atoms with E-state index >= 15 is 0 Å². The number of aromatic nitrogens is 4. The van der Waals surface area contributed by atoms with E-state index in [-0.39, 0.29) is 65.6 Å². The third kappa shape index (κ3) is 14.9. The summed E-state index contributed by atoms with van der Waals surface area (Å²) in [4.78, 5) is 64.3. The van der Waals surface area contributed by atoms with E-state index in [9.17, 15) is 23.2 Å². The Hall–Kier alpha value is -6.69. The molecule has 4 saturated heterocycles. The number of nitrogens with two attached hydrogens (primary N) is 1. The Balaban J connectivity index is 0.000000270. The molecule has 0 atom stereocenters. The molecule has 3 amide bonds. The van der Waals surface area contributed by atoms with Crippen molar-refractivity contribution in [2.45, 2.75) is 58.2 Å². The number of hydrogen-bond donors (Lipinski definition) is 4. The molecule has 0 unspecified atom stereocenters. The molecule has 3 aromatic carbocycles. The summed E-state index contributed by atoms with van der Waals surface area (Å²) in [5.41, 5.74) is 10.7. The second-order valence-corrected chi connectivity index (χ2v) is 17.9. The zero-order chi connectivity index (χ0) is 49.0. The Labute approximate surface area is 435 Å². The van der Waals surface area contributed by atoms with Crippen molar-refractivity contribution in [3.63, 3.8) is 0 Å². The van der Waals surface area contributed by atoms with Gasteiger partial charge in [0.25, 0.3) is 0 Å². The summed E-state index contributed by atoms with van der Waals surface area (Å²) in [7, 11) is 0. The molecule has 0 bridgehead atoms. The fraction of sp³-hybridized carbons (Fsp3) is 0.412. The van der Waals surface area contributed by atoms with Gasteiger partial charge in [-0.05, 0) is 79.8 Å². The van der Waals surface area contributed by atoms with Gasteiger partial charge in [0.1, 0.15) is 6.61 Å². The summed E-state index contributed by atoms with van der Waals surface area (Å²) < 4.78 is 34.3. The molecule has 2 aromatic heterocycles. The molecular formula is C51H67F2N14O4Pd-. The average Bonchev–Trinajstić information content (AvgIpc) is 3.38. The number of benzene rings is 3. The molecule has 18 nitrogen and oxygen atoms in total. The molecule has 0 aliphatic carbocycles. The van der Waals surface area contributed by atoms with Gasteiger partial charge in [0.15, 0.2) is 23.3 Å². The monoisotopic (exact) mass is 1080 g/mol. The number of nitrogens with zero attached hydrogens (tertiary/aromatic N) is 10. The smallest absolute Gasteiger partial charge is 0.407 e. The second kappa shape index (κ2) is 26.1. The first-order valence-electron chi connectivity index (χ1n) is 24.0. The molecule has 0 saturated carbocycles. The van der Waals surface area contributed by atoms with Crippen LogP contribution in [0.5, 0.6) is 0 Å². The van der Waals surface area contributed by atoms with Crippen LogP contribution in [-0.2, 0) is 41.4 Å². The quantitative estimate of drug-likeness (QED) is 0.0819. The molecule has 4 aliphatic heterocycles. The van der Waals surface area contributed by atoms with Gasteiger partial charge in [0, 0.05) is 149 Å². The minimum atomic E-state index is -0.487. The van der Waals surface area contributed by atoms with E-state index in [4.69, 9.17) is 10.5 Å². The fourth-order valence-electron chi connectivity index (χ4n) is 8.89. The van der Waals surface area contributed by atoms with Gasteiger partial charge in [-0.2, -0.15) is 9.97 Å². The molecule has 21 heteroatoms. The molecule has 6 heterocycles. The van der Waals surface area contributed by atoms with Crippen molar-refractivity contribution in [3.8, 4) is 0 Å². The van der Waals surface area contributed by atoms with Crippen LogP contribution in [0.1, 0.15) is 46.5 Å². The largest absolute Gasteiger partial charge is 0.445 e. The maximum atomic E-state index is 14.7. The molecular weight excluding hydrogens is 1020 g/mol. The molecule has 4 aliphatic rings. The Bertz CT molecular complexity index is 2530. The molecule has 5 aromatic rings. The molecule has 0 spiro atoms. The predicted octanol–water partition coefficient (Wildman–Crippen LogP) is 6.57. The normalized spacial score (nSPS) is 16.3. The first-order valence-corrected chi connectivity index (χ1v) is 24.0. The van der Waals surface area contributed by atoms with Gasteiger partial charge in [-0.3, -0.25) is 9.59 Å². The van der Waals surface area contributed by atoms with Crippen LogP contribution in [-0.4, -0.2) is 138 Å². The van der Waals surface area contributed by atoms with Gasteiger partial charge in [-0.15, -0.1) is 0 Å². The number of alkyl carbamates (subject to hydrolysis) is 1. The minimum absolute atomic E-state index is 0. The van der Waals surface area contributed by atoms with Crippen molar-refractivity contribution in [3.05, 3.63) is 116 Å². The van der Waals surface area contributed by atoms with Gasteiger partial charge < -0.3 is 63.2 Å². The zero-order valence-corrected chi connectivity index (χ0v) is 42.6. The van der Waals surface area contributed by atoms with Crippen LogP contribution in [0.2, 0.25) is 0 Å². The van der Waals surface area contributed by atoms with E-state index in [1.807, 2.05) is 98.5 Å². The molecule has 9 rings (SSSR count). The molecule has 390 valence electrons. The number of piperidine rings is 2. The van der Waals surface area contributed by atoms with E-state index in [1.165, 1.54) is 12.4 Å². The molecule has 72 heavy (non-hydrogen) atoms. The van der Waals surface area contributed by atoms with Crippen LogP contribution in [0.4, 0.5) is 59.9 Å². The van der Waals surface area contributed by atoms with E-state index in [0.29, 0.717) is 69.8 Å². The zero-order valence-electron chi connectivity index (χ0n) is 41.1. The van der Waals surface area contributed by atoms with E-state index < -0.39 is 17.7 Å². The number of halogens is 2. The first-order chi connectivity index (χ1) is 33.9. The van der Waals surface area contributed by atoms with Crippen molar-refractivity contribution in [2.75, 3.05) is 109 Å². The van der Waals surface area contributed by atoms with Crippen LogP contribution < -0.4 is 41.3 Å². The summed E-state index contributed by atoms with van der Waals surface area (Å²) in [6, 6.07) is 25.5. The van der Waals surface area contributed by atoms with E-state index in [0.717, 1.165) is 80.4 Å². The second-order valence-electron chi connectivity index (χ2n) is 17.9. The van der Waals surface area contributed by atoms with E-state index in [1.54, 1.807) is 13.8 Å². The Morgan fingerprint density at radius 2 is 1.03 bits per heavy atom. The Morgan fingerprint density at radius 3 is 1.44 bits per heavy atom. The van der Waals surface area contributed by atoms with Crippen molar-refractivity contribution >= 4 is 64.2 Å².